The molecule has 0 saturated carbocycles. The Hall–Kier alpha value is -1.32. The third kappa shape index (κ3) is 3.38. The fourth-order valence-electron chi connectivity index (χ4n) is 1.79. The molecule has 1 unspecified atom stereocenters. The smallest absolute Gasteiger partial charge is 0.252 e. The minimum Gasteiger partial charge on any atom is -0.367 e. The van der Waals surface area contributed by atoms with Crippen LogP contribution in [-0.2, 0) is 0 Å². The average molecular weight is 209 g/mol. The van der Waals surface area contributed by atoms with Crippen molar-refractivity contribution in [3.8, 4) is 0 Å². The van der Waals surface area contributed by atoms with E-state index in [1.807, 2.05) is 0 Å². The van der Waals surface area contributed by atoms with Crippen molar-refractivity contribution in [3.63, 3.8) is 0 Å². The molecule has 0 radical (unpaired) electrons. The maximum absolute atomic E-state index is 11.0. The normalized spacial score (nSPS) is 12.8. The Morgan fingerprint density at radius 3 is 2.67 bits per heavy atom. The van der Waals surface area contributed by atoms with Crippen LogP contribution in [0.15, 0.2) is 17.2 Å². The zero-order valence-electron chi connectivity index (χ0n) is 9.58. The lowest BCUT2D eigenvalue weighted by molar-refractivity contribution is 0.437. The van der Waals surface area contributed by atoms with Crippen LogP contribution in [0, 0.1) is 5.92 Å². The summed E-state index contributed by atoms with van der Waals surface area (Å²) in [6.07, 6.45) is 3.69. The van der Waals surface area contributed by atoms with E-state index in [4.69, 9.17) is 0 Å². The van der Waals surface area contributed by atoms with E-state index < -0.39 is 0 Å². The summed E-state index contributed by atoms with van der Waals surface area (Å²) in [5.41, 5.74) is -0.121. The second-order valence-corrected chi connectivity index (χ2v) is 3.81. The van der Waals surface area contributed by atoms with E-state index in [2.05, 4.69) is 36.1 Å². The van der Waals surface area contributed by atoms with E-state index in [1.54, 1.807) is 0 Å². The van der Waals surface area contributed by atoms with Crippen LogP contribution in [0.3, 0.4) is 0 Å². The molecule has 1 heterocycles. The zero-order valence-corrected chi connectivity index (χ0v) is 9.58. The Labute approximate surface area is 90.1 Å². The Bertz CT molecular complexity index is 344. The molecule has 0 fully saturated rings. The number of hydrogen-bond donors (Lipinski definition) is 2. The van der Waals surface area contributed by atoms with Gasteiger partial charge in [0, 0.05) is 12.1 Å². The monoisotopic (exact) mass is 209 g/mol. The number of aromatic amines is 1. The van der Waals surface area contributed by atoms with Crippen molar-refractivity contribution in [2.75, 3.05) is 5.32 Å². The topological polar surface area (TPSA) is 57.8 Å². The van der Waals surface area contributed by atoms with Gasteiger partial charge in [-0.2, -0.15) is 0 Å². The van der Waals surface area contributed by atoms with E-state index in [0.717, 1.165) is 12.8 Å². The van der Waals surface area contributed by atoms with Crippen LogP contribution in [-0.4, -0.2) is 16.0 Å². The van der Waals surface area contributed by atoms with Crippen molar-refractivity contribution in [2.24, 2.45) is 5.92 Å². The van der Waals surface area contributed by atoms with Crippen molar-refractivity contribution < 1.29 is 0 Å². The fourth-order valence-corrected chi connectivity index (χ4v) is 1.79. The molecule has 0 bridgehead atoms. The number of hydrogen-bond acceptors (Lipinski definition) is 3. The fraction of sp³-hybridized carbons (Fsp3) is 0.636. The van der Waals surface area contributed by atoms with Gasteiger partial charge < -0.3 is 10.3 Å². The van der Waals surface area contributed by atoms with Gasteiger partial charge in [-0.15, -0.1) is 0 Å². The van der Waals surface area contributed by atoms with Crippen LogP contribution < -0.4 is 10.9 Å². The second kappa shape index (κ2) is 5.53. The van der Waals surface area contributed by atoms with Gasteiger partial charge in [-0.05, 0) is 12.8 Å². The standard InChI is InChI=1S/C11H19N3O/c1-4-9(5-2)8(3)14-10-6-11(15)13-7-12-10/h6-9H,4-5H2,1-3H3,(H2,12,13,14,15). The molecular weight excluding hydrogens is 190 g/mol. The highest BCUT2D eigenvalue weighted by Crippen LogP contribution is 2.15. The van der Waals surface area contributed by atoms with Crippen molar-refractivity contribution in [2.45, 2.75) is 39.7 Å². The zero-order chi connectivity index (χ0) is 11.3. The lowest BCUT2D eigenvalue weighted by Gasteiger charge is -2.22. The summed E-state index contributed by atoms with van der Waals surface area (Å²) >= 11 is 0. The van der Waals surface area contributed by atoms with Gasteiger partial charge in [0.15, 0.2) is 0 Å². The Balaban J connectivity index is 2.65. The first-order chi connectivity index (χ1) is 7.17. The van der Waals surface area contributed by atoms with Crippen LogP contribution in [0.25, 0.3) is 0 Å². The third-order valence-electron chi connectivity index (χ3n) is 2.81. The molecule has 84 valence electrons. The highest BCUT2D eigenvalue weighted by Gasteiger charge is 2.13. The summed E-state index contributed by atoms with van der Waals surface area (Å²) in [7, 11) is 0. The van der Waals surface area contributed by atoms with Crippen molar-refractivity contribution in [1.82, 2.24) is 9.97 Å². The average Bonchev–Trinajstić information content (AvgIpc) is 2.19. The molecule has 0 aliphatic heterocycles. The summed E-state index contributed by atoms with van der Waals surface area (Å²) < 4.78 is 0. The Morgan fingerprint density at radius 2 is 2.13 bits per heavy atom. The molecule has 15 heavy (non-hydrogen) atoms. The quantitative estimate of drug-likeness (QED) is 0.780. The molecule has 1 rings (SSSR count). The van der Waals surface area contributed by atoms with Crippen molar-refractivity contribution >= 4 is 5.82 Å². The summed E-state index contributed by atoms with van der Waals surface area (Å²) in [6, 6.07) is 1.83. The molecule has 1 aromatic rings. The second-order valence-electron chi connectivity index (χ2n) is 3.81. The first kappa shape index (κ1) is 11.8. The SMILES string of the molecule is CCC(CC)C(C)Nc1cc(=O)[nH]cn1. The molecule has 2 N–H and O–H groups in total. The number of nitrogens with one attached hydrogen (secondary N) is 2. The molecule has 4 heteroatoms. The predicted molar refractivity (Wildman–Crippen MR) is 62.0 cm³/mol. The molecule has 0 aromatic carbocycles. The maximum atomic E-state index is 11.0. The van der Waals surface area contributed by atoms with Crippen LogP contribution in [0.5, 0.6) is 0 Å². The van der Waals surface area contributed by atoms with E-state index >= 15 is 0 Å². The number of H-pyrrole nitrogens is 1. The molecule has 1 atom stereocenters. The van der Waals surface area contributed by atoms with Crippen molar-refractivity contribution in [3.05, 3.63) is 22.7 Å². The molecule has 0 amide bonds. The highest BCUT2D eigenvalue weighted by molar-refractivity contribution is 5.32. The Kier molecular flexibility index (Phi) is 4.34. The van der Waals surface area contributed by atoms with Gasteiger partial charge in [-0.25, -0.2) is 4.98 Å². The van der Waals surface area contributed by atoms with Crippen LogP contribution in [0.2, 0.25) is 0 Å². The number of aromatic nitrogens is 2. The summed E-state index contributed by atoms with van der Waals surface area (Å²) in [6.45, 7) is 6.48. The predicted octanol–water partition coefficient (Wildman–Crippen LogP) is 2.01. The lowest BCUT2D eigenvalue weighted by atomic mass is 9.95. The number of nitrogens with zero attached hydrogens (tertiary/aromatic N) is 1. The summed E-state index contributed by atoms with van der Waals surface area (Å²) in [5, 5.41) is 3.25. The van der Waals surface area contributed by atoms with Gasteiger partial charge in [0.1, 0.15) is 5.82 Å². The summed E-state index contributed by atoms with van der Waals surface area (Å²) in [4.78, 5) is 17.6. The number of anilines is 1. The van der Waals surface area contributed by atoms with Gasteiger partial charge in [-0.3, -0.25) is 4.79 Å². The van der Waals surface area contributed by atoms with E-state index in [0.29, 0.717) is 17.8 Å². The molecule has 0 saturated heterocycles. The minimum atomic E-state index is -0.121. The maximum Gasteiger partial charge on any atom is 0.252 e. The van der Waals surface area contributed by atoms with Gasteiger partial charge in [-0.1, -0.05) is 26.7 Å². The van der Waals surface area contributed by atoms with Gasteiger partial charge >= 0.3 is 0 Å². The van der Waals surface area contributed by atoms with Gasteiger partial charge in [0.05, 0.1) is 6.33 Å². The largest absolute Gasteiger partial charge is 0.367 e. The molecule has 0 spiro atoms. The van der Waals surface area contributed by atoms with Crippen LogP contribution in [0.1, 0.15) is 33.6 Å². The first-order valence-corrected chi connectivity index (χ1v) is 5.48. The lowest BCUT2D eigenvalue weighted by Crippen LogP contribution is -2.26. The molecule has 4 nitrogen and oxygen atoms in total. The van der Waals surface area contributed by atoms with Crippen molar-refractivity contribution in [1.29, 1.82) is 0 Å². The summed E-state index contributed by atoms with van der Waals surface area (Å²) in [5.74, 6) is 1.27. The van der Waals surface area contributed by atoms with E-state index in [1.165, 1.54) is 12.4 Å². The van der Waals surface area contributed by atoms with Gasteiger partial charge in [0.2, 0.25) is 0 Å². The first-order valence-electron chi connectivity index (χ1n) is 5.48. The molecule has 1 aromatic heterocycles. The Morgan fingerprint density at radius 1 is 1.47 bits per heavy atom. The highest BCUT2D eigenvalue weighted by atomic mass is 16.1. The minimum absolute atomic E-state index is 0.121. The third-order valence-corrected chi connectivity index (χ3v) is 2.81. The van der Waals surface area contributed by atoms with E-state index in [-0.39, 0.29) is 5.56 Å². The number of rotatable bonds is 5. The van der Waals surface area contributed by atoms with Crippen LogP contribution in [0.4, 0.5) is 5.82 Å². The van der Waals surface area contributed by atoms with E-state index in [9.17, 15) is 4.79 Å². The molecular formula is C11H19N3O. The van der Waals surface area contributed by atoms with Crippen LogP contribution >= 0.6 is 0 Å². The molecule has 0 aliphatic carbocycles. The van der Waals surface area contributed by atoms with Gasteiger partial charge in [0.25, 0.3) is 5.56 Å². The molecule has 0 aliphatic rings.